The Kier molecular flexibility index (Phi) is 6.32. The fraction of sp³-hybridized carbons (Fsp3) is 0.281. The van der Waals surface area contributed by atoms with Crippen LogP contribution in [0.1, 0.15) is 36.8 Å². The Bertz CT molecular complexity index is 1610. The standard InChI is InChI=1S/C32H30N4O5/c1-31(2)40-26-24(39-30(27(26)41-31)36-20-35-25-28(36)33-19-34-29(25)37)18-38-32(21-12-6-3-7-13-21,22-14-8-4-9-15-22)23-16-10-5-11-17-23/h3-17,19-20,24,26-27,30H,18H2,1-2H3,(H,33,34,37)/t24-,26+,27-,30+/m0/s1. The topological polar surface area (TPSA) is 100 Å². The number of benzene rings is 3. The van der Waals surface area contributed by atoms with E-state index in [4.69, 9.17) is 18.9 Å². The molecule has 4 heterocycles. The monoisotopic (exact) mass is 550 g/mol. The summed E-state index contributed by atoms with van der Waals surface area (Å²) >= 11 is 0. The number of hydrogen-bond donors (Lipinski definition) is 1. The van der Waals surface area contributed by atoms with Crippen molar-refractivity contribution in [3.05, 3.63) is 131 Å². The lowest BCUT2D eigenvalue weighted by atomic mass is 9.80. The van der Waals surface area contributed by atoms with E-state index in [1.807, 2.05) is 68.4 Å². The number of nitrogens with zero attached hydrogens (tertiary/aromatic N) is 3. The van der Waals surface area contributed by atoms with E-state index in [2.05, 4.69) is 51.4 Å². The van der Waals surface area contributed by atoms with Crippen LogP contribution in [-0.4, -0.2) is 50.2 Å². The highest BCUT2D eigenvalue weighted by atomic mass is 16.8. The summed E-state index contributed by atoms with van der Waals surface area (Å²) in [7, 11) is 0. The summed E-state index contributed by atoms with van der Waals surface area (Å²) in [6, 6.07) is 30.6. The van der Waals surface area contributed by atoms with E-state index in [-0.39, 0.29) is 17.7 Å². The molecule has 0 radical (unpaired) electrons. The summed E-state index contributed by atoms with van der Waals surface area (Å²) in [6.07, 6.45) is 0.941. The molecular formula is C32H30N4O5. The molecule has 2 fully saturated rings. The molecule has 2 aromatic heterocycles. The number of rotatable bonds is 7. The van der Waals surface area contributed by atoms with Gasteiger partial charge in [-0.05, 0) is 30.5 Å². The van der Waals surface area contributed by atoms with Crippen LogP contribution >= 0.6 is 0 Å². The van der Waals surface area contributed by atoms with E-state index in [1.54, 1.807) is 10.9 Å². The molecule has 2 aliphatic heterocycles. The van der Waals surface area contributed by atoms with E-state index in [9.17, 15) is 4.79 Å². The van der Waals surface area contributed by atoms with Crippen molar-refractivity contribution in [1.82, 2.24) is 19.5 Å². The molecule has 3 aromatic carbocycles. The Morgan fingerprint density at radius 1 is 0.854 bits per heavy atom. The van der Waals surface area contributed by atoms with E-state index in [1.165, 1.54) is 6.33 Å². The van der Waals surface area contributed by atoms with Crippen LogP contribution < -0.4 is 5.56 Å². The maximum absolute atomic E-state index is 12.3. The molecule has 1 N–H and O–H groups in total. The Balaban J connectivity index is 1.29. The molecule has 0 amide bonds. The Morgan fingerprint density at radius 2 is 1.41 bits per heavy atom. The zero-order chi connectivity index (χ0) is 28.0. The van der Waals surface area contributed by atoms with Gasteiger partial charge in [-0.3, -0.25) is 9.36 Å². The summed E-state index contributed by atoms with van der Waals surface area (Å²) in [5, 5.41) is 0. The number of fused-ring (bicyclic) bond motifs is 2. The Hall–Kier alpha value is -4.15. The number of ether oxygens (including phenoxy) is 4. The lowest BCUT2D eigenvalue weighted by Crippen LogP contribution is -2.39. The van der Waals surface area contributed by atoms with Crippen LogP contribution in [0.15, 0.2) is 108 Å². The maximum atomic E-state index is 12.3. The average Bonchev–Trinajstić information content (AvgIpc) is 3.67. The highest BCUT2D eigenvalue weighted by molar-refractivity contribution is 5.68. The molecular weight excluding hydrogens is 520 g/mol. The van der Waals surface area contributed by atoms with Gasteiger partial charge in [0.15, 0.2) is 23.2 Å². The summed E-state index contributed by atoms with van der Waals surface area (Å²) in [5.74, 6) is -0.827. The molecule has 0 aliphatic carbocycles. The summed E-state index contributed by atoms with van der Waals surface area (Å²) in [4.78, 5) is 23.6. The maximum Gasteiger partial charge on any atom is 0.278 e. The first-order chi connectivity index (χ1) is 20.0. The smallest absolute Gasteiger partial charge is 0.278 e. The van der Waals surface area contributed by atoms with Crippen molar-refractivity contribution in [2.24, 2.45) is 0 Å². The predicted molar refractivity (Wildman–Crippen MR) is 151 cm³/mol. The third-order valence-corrected chi connectivity index (χ3v) is 7.77. The quantitative estimate of drug-likeness (QED) is 0.297. The van der Waals surface area contributed by atoms with Crippen molar-refractivity contribution in [3.63, 3.8) is 0 Å². The first kappa shape index (κ1) is 25.8. The van der Waals surface area contributed by atoms with Crippen LogP contribution in [0.4, 0.5) is 0 Å². The van der Waals surface area contributed by atoms with Crippen LogP contribution in [0.5, 0.6) is 0 Å². The van der Waals surface area contributed by atoms with Crippen molar-refractivity contribution >= 4 is 11.2 Å². The van der Waals surface area contributed by atoms with Crippen molar-refractivity contribution in [1.29, 1.82) is 0 Å². The predicted octanol–water partition coefficient (Wildman–Crippen LogP) is 4.55. The second-order valence-corrected chi connectivity index (χ2v) is 10.8. The minimum Gasteiger partial charge on any atom is -0.358 e. The number of aromatic amines is 1. The lowest BCUT2D eigenvalue weighted by Gasteiger charge is -2.37. The second kappa shape index (κ2) is 10.0. The first-order valence-electron chi connectivity index (χ1n) is 13.7. The molecule has 9 heteroatoms. The summed E-state index contributed by atoms with van der Waals surface area (Å²) < 4.78 is 28.1. The van der Waals surface area contributed by atoms with Crippen molar-refractivity contribution in [2.75, 3.05) is 6.61 Å². The van der Waals surface area contributed by atoms with Crippen LogP contribution in [0.2, 0.25) is 0 Å². The normalized spacial score (nSPS) is 23.6. The van der Waals surface area contributed by atoms with Crippen molar-refractivity contribution < 1.29 is 18.9 Å². The molecule has 0 saturated carbocycles. The van der Waals surface area contributed by atoms with E-state index in [0.29, 0.717) is 5.65 Å². The molecule has 5 aromatic rings. The summed E-state index contributed by atoms with van der Waals surface area (Å²) in [5.41, 5.74) is 2.42. The molecule has 0 spiro atoms. The SMILES string of the molecule is CC1(C)O[C@H]2[C@H](O1)[C@H](n1cnc3c(=O)[nH]cnc31)O[C@H]2COC(c1ccccc1)(c1ccccc1)c1ccccc1. The third-order valence-electron chi connectivity index (χ3n) is 7.77. The fourth-order valence-corrected chi connectivity index (χ4v) is 6.04. The summed E-state index contributed by atoms with van der Waals surface area (Å²) in [6.45, 7) is 3.98. The molecule has 7 rings (SSSR count). The second-order valence-electron chi connectivity index (χ2n) is 10.8. The van der Waals surface area contributed by atoms with Gasteiger partial charge < -0.3 is 23.9 Å². The van der Waals surface area contributed by atoms with Crippen LogP contribution in [0, 0.1) is 0 Å². The first-order valence-corrected chi connectivity index (χ1v) is 13.7. The van der Waals surface area contributed by atoms with Gasteiger partial charge in [0.1, 0.15) is 23.9 Å². The zero-order valence-corrected chi connectivity index (χ0v) is 22.7. The van der Waals surface area contributed by atoms with Gasteiger partial charge in [0.2, 0.25) is 0 Å². The van der Waals surface area contributed by atoms with Crippen molar-refractivity contribution in [2.45, 2.75) is 49.8 Å². The van der Waals surface area contributed by atoms with Gasteiger partial charge in [0, 0.05) is 0 Å². The highest BCUT2D eigenvalue weighted by Crippen LogP contribution is 2.46. The van der Waals surface area contributed by atoms with E-state index >= 15 is 0 Å². The molecule has 208 valence electrons. The third kappa shape index (κ3) is 4.38. The van der Waals surface area contributed by atoms with Gasteiger partial charge in [-0.1, -0.05) is 91.0 Å². The minimum atomic E-state index is -0.910. The van der Waals surface area contributed by atoms with Gasteiger partial charge in [0.05, 0.1) is 19.3 Å². The largest absolute Gasteiger partial charge is 0.358 e. The van der Waals surface area contributed by atoms with Gasteiger partial charge in [-0.15, -0.1) is 0 Å². The molecule has 41 heavy (non-hydrogen) atoms. The number of imidazole rings is 1. The molecule has 9 nitrogen and oxygen atoms in total. The van der Waals surface area contributed by atoms with Crippen LogP contribution in [-0.2, 0) is 24.5 Å². The average molecular weight is 551 g/mol. The molecule has 0 unspecified atom stereocenters. The van der Waals surface area contributed by atoms with Gasteiger partial charge in [-0.25, -0.2) is 9.97 Å². The number of H-pyrrole nitrogens is 1. The zero-order valence-electron chi connectivity index (χ0n) is 22.7. The van der Waals surface area contributed by atoms with Gasteiger partial charge in [0.25, 0.3) is 5.56 Å². The van der Waals surface area contributed by atoms with E-state index in [0.717, 1.165) is 16.7 Å². The minimum absolute atomic E-state index is 0.205. The molecule has 2 saturated heterocycles. The Labute approximate surface area is 236 Å². The van der Waals surface area contributed by atoms with E-state index < -0.39 is 35.9 Å². The van der Waals surface area contributed by atoms with Gasteiger partial charge in [-0.2, -0.15) is 0 Å². The van der Waals surface area contributed by atoms with Gasteiger partial charge >= 0.3 is 0 Å². The molecule has 0 bridgehead atoms. The van der Waals surface area contributed by atoms with Crippen molar-refractivity contribution in [3.8, 4) is 0 Å². The molecule has 2 aliphatic rings. The number of nitrogens with one attached hydrogen (secondary N) is 1. The van der Waals surface area contributed by atoms with Crippen LogP contribution in [0.3, 0.4) is 0 Å². The molecule has 4 atom stereocenters. The highest BCUT2D eigenvalue weighted by Gasteiger charge is 2.57. The number of hydrogen-bond acceptors (Lipinski definition) is 7. The lowest BCUT2D eigenvalue weighted by molar-refractivity contribution is -0.204. The fourth-order valence-electron chi connectivity index (χ4n) is 6.04. The Morgan fingerprint density at radius 3 is 2.00 bits per heavy atom. The van der Waals surface area contributed by atoms with Crippen LogP contribution in [0.25, 0.3) is 11.2 Å². The number of aromatic nitrogens is 4.